The van der Waals surface area contributed by atoms with Crippen LogP contribution in [0.25, 0.3) is 0 Å². The summed E-state index contributed by atoms with van der Waals surface area (Å²) in [7, 11) is 0. The molecule has 2 rings (SSSR count). The zero-order valence-electron chi connectivity index (χ0n) is 13.2. The smallest absolute Gasteiger partial charge is 0.239 e. The standard InChI is InChI=1S/C17H26N2O2/c1-4-7-15(18)17(20)19-10-16(21-11-13(19)3)14-9-6-5-8-12(14)2/h5-6,8-9,13,15-16H,4,7,10-11,18H2,1-3H3/t13-,15+,16+/m1/s1. The Balaban J connectivity index is 2.12. The average molecular weight is 290 g/mol. The molecule has 3 atom stereocenters. The third kappa shape index (κ3) is 3.63. The number of nitrogens with zero attached hydrogens (tertiary/aromatic N) is 1. The number of carbonyl (C=O) groups is 1. The largest absolute Gasteiger partial charge is 0.370 e. The number of ether oxygens (including phenoxy) is 1. The van der Waals surface area contributed by atoms with E-state index in [0.717, 1.165) is 18.4 Å². The van der Waals surface area contributed by atoms with Gasteiger partial charge < -0.3 is 15.4 Å². The van der Waals surface area contributed by atoms with Crippen LogP contribution in [0.4, 0.5) is 0 Å². The van der Waals surface area contributed by atoms with Crippen molar-refractivity contribution >= 4 is 5.91 Å². The summed E-state index contributed by atoms with van der Waals surface area (Å²) in [4.78, 5) is 14.4. The van der Waals surface area contributed by atoms with Gasteiger partial charge in [-0.05, 0) is 31.4 Å². The van der Waals surface area contributed by atoms with Gasteiger partial charge >= 0.3 is 0 Å². The molecule has 0 aliphatic carbocycles. The monoisotopic (exact) mass is 290 g/mol. The second kappa shape index (κ2) is 7.05. The zero-order valence-corrected chi connectivity index (χ0v) is 13.2. The van der Waals surface area contributed by atoms with Gasteiger partial charge in [0.25, 0.3) is 0 Å². The van der Waals surface area contributed by atoms with Gasteiger partial charge in [-0.1, -0.05) is 37.6 Å². The van der Waals surface area contributed by atoms with E-state index in [-0.39, 0.29) is 18.1 Å². The first-order valence-corrected chi connectivity index (χ1v) is 7.77. The molecule has 1 amide bonds. The Kier molecular flexibility index (Phi) is 5.37. The predicted molar refractivity (Wildman–Crippen MR) is 83.9 cm³/mol. The molecule has 1 aliphatic heterocycles. The van der Waals surface area contributed by atoms with Crippen molar-refractivity contribution in [3.8, 4) is 0 Å². The van der Waals surface area contributed by atoms with E-state index in [1.165, 1.54) is 5.56 Å². The topological polar surface area (TPSA) is 55.6 Å². The van der Waals surface area contributed by atoms with Gasteiger partial charge in [-0.2, -0.15) is 0 Å². The van der Waals surface area contributed by atoms with Gasteiger partial charge in [0.2, 0.25) is 5.91 Å². The summed E-state index contributed by atoms with van der Waals surface area (Å²) >= 11 is 0. The van der Waals surface area contributed by atoms with E-state index in [4.69, 9.17) is 10.5 Å². The lowest BCUT2D eigenvalue weighted by molar-refractivity contribution is -0.146. The van der Waals surface area contributed by atoms with Crippen molar-refractivity contribution in [2.75, 3.05) is 13.2 Å². The quantitative estimate of drug-likeness (QED) is 0.926. The Labute approximate surface area is 127 Å². The minimum atomic E-state index is -0.395. The average Bonchev–Trinajstić information content (AvgIpc) is 2.48. The van der Waals surface area contributed by atoms with Crippen molar-refractivity contribution in [2.45, 2.75) is 51.8 Å². The fourth-order valence-corrected chi connectivity index (χ4v) is 2.85. The number of amides is 1. The van der Waals surface area contributed by atoms with Gasteiger partial charge in [0.15, 0.2) is 0 Å². The first-order chi connectivity index (χ1) is 10.0. The molecule has 1 fully saturated rings. The number of benzene rings is 1. The highest BCUT2D eigenvalue weighted by molar-refractivity contribution is 5.82. The molecule has 4 heteroatoms. The van der Waals surface area contributed by atoms with Crippen LogP contribution in [0.15, 0.2) is 24.3 Å². The first kappa shape index (κ1) is 16.0. The van der Waals surface area contributed by atoms with E-state index in [0.29, 0.717) is 13.2 Å². The minimum absolute atomic E-state index is 0.0474. The van der Waals surface area contributed by atoms with Crippen LogP contribution in [-0.2, 0) is 9.53 Å². The van der Waals surface area contributed by atoms with E-state index >= 15 is 0 Å². The van der Waals surface area contributed by atoms with Crippen molar-refractivity contribution in [1.82, 2.24) is 4.90 Å². The normalized spacial score (nSPS) is 23.9. The maximum Gasteiger partial charge on any atom is 0.239 e. The highest BCUT2D eigenvalue weighted by atomic mass is 16.5. The Morgan fingerprint density at radius 2 is 2.19 bits per heavy atom. The van der Waals surface area contributed by atoms with Gasteiger partial charge in [0.1, 0.15) is 6.10 Å². The molecule has 1 heterocycles. The van der Waals surface area contributed by atoms with Crippen molar-refractivity contribution < 1.29 is 9.53 Å². The number of morpholine rings is 1. The van der Waals surface area contributed by atoms with Crippen molar-refractivity contribution in [2.24, 2.45) is 5.73 Å². The molecule has 0 saturated carbocycles. The van der Waals surface area contributed by atoms with Crippen LogP contribution >= 0.6 is 0 Å². The maximum absolute atomic E-state index is 12.5. The predicted octanol–water partition coefficient (Wildman–Crippen LogP) is 2.41. The van der Waals surface area contributed by atoms with E-state index < -0.39 is 6.04 Å². The fraction of sp³-hybridized carbons (Fsp3) is 0.588. The van der Waals surface area contributed by atoms with Crippen molar-refractivity contribution in [1.29, 1.82) is 0 Å². The lowest BCUT2D eigenvalue weighted by atomic mass is 10.0. The lowest BCUT2D eigenvalue weighted by Gasteiger charge is -2.39. The van der Waals surface area contributed by atoms with Crippen molar-refractivity contribution in [3.05, 3.63) is 35.4 Å². The lowest BCUT2D eigenvalue weighted by Crippen LogP contribution is -2.53. The van der Waals surface area contributed by atoms with E-state index in [9.17, 15) is 4.79 Å². The molecule has 0 aromatic heterocycles. The molecule has 0 bridgehead atoms. The van der Waals surface area contributed by atoms with Gasteiger partial charge in [0, 0.05) is 0 Å². The van der Waals surface area contributed by atoms with Crippen LogP contribution in [0.2, 0.25) is 0 Å². The van der Waals surface area contributed by atoms with Crippen LogP contribution < -0.4 is 5.73 Å². The van der Waals surface area contributed by atoms with E-state index in [1.807, 2.05) is 30.9 Å². The molecule has 21 heavy (non-hydrogen) atoms. The zero-order chi connectivity index (χ0) is 15.4. The maximum atomic E-state index is 12.5. The van der Waals surface area contributed by atoms with Crippen molar-refractivity contribution in [3.63, 3.8) is 0 Å². The Hall–Kier alpha value is -1.39. The van der Waals surface area contributed by atoms with Gasteiger partial charge in [-0.3, -0.25) is 4.79 Å². The SMILES string of the molecule is CCC[C@H](N)C(=O)N1C[C@@H](c2ccccc2C)OC[C@H]1C. The second-order valence-corrected chi connectivity index (χ2v) is 5.91. The number of hydrogen-bond donors (Lipinski definition) is 1. The van der Waals surface area contributed by atoms with Crippen LogP contribution in [0.3, 0.4) is 0 Å². The minimum Gasteiger partial charge on any atom is -0.370 e. The summed E-state index contributed by atoms with van der Waals surface area (Å²) in [5, 5.41) is 0. The summed E-state index contributed by atoms with van der Waals surface area (Å²) in [5.74, 6) is 0.0474. The molecular weight excluding hydrogens is 264 g/mol. The van der Waals surface area contributed by atoms with Gasteiger partial charge in [-0.25, -0.2) is 0 Å². The number of rotatable bonds is 4. The third-order valence-corrected chi connectivity index (χ3v) is 4.17. The highest BCUT2D eigenvalue weighted by Gasteiger charge is 2.32. The number of aryl methyl sites for hydroxylation is 1. The molecule has 1 saturated heterocycles. The van der Waals surface area contributed by atoms with E-state index in [2.05, 4.69) is 19.1 Å². The molecule has 1 aromatic carbocycles. The molecule has 0 spiro atoms. The molecular formula is C17H26N2O2. The number of hydrogen-bond acceptors (Lipinski definition) is 3. The Bertz CT molecular complexity index is 489. The Morgan fingerprint density at radius 3 is 2.86 bits per heavy atom. The van der Waals surface area contributed by atoms with Crippen LogP contribution in [0.5, 0.6) is 0 Å². The molecule has 0 unspecified atom stereocenters. The molecule has 2 N–H and O–H groups in total. The third-order valence-electron chi connectivity index (χ3n) is 4.17. The first-order valence-electron chi connectivity index (χ1n) is 7.77. The number of carbonyl (C=O) groups excluding carboxylic acids is 1. The summed E-state index contributed by atoms with van der Waals surface area (Å²) in [6.07, 6.45) is 1.60. The molecule has 1 aliphatic rings. The summed E-state index contributed by atoms with van der Waals surface area (Å²) in [5.41, 5.74) is 8.36. The molecule has 116 valence electrons. The second-order valence-electron chi connectivity index (χ2n) is 5.91. The molecule has 0 radical (unpaired) electrons. The van der Waals surface area contributed by atoms with Gasteiger partial charge in [0.05, 0.1) is 25.2 Å². The fourth-order valence-electron chi connectivity index (χ4n) is 2.85. The summed E-state index contributed by atoms with van der Waals surface area (Å²) < 4.78 is 5.94. The van der Waals surface area contributed by atoms with Crippen LogP contribution in [0, 0.1) is 6.92 Å². The van der Waals surface area contributed by atoms with Crippen LogP contribution in [0.1, 0.15) is 43.9 Å². The summed E-state index contributed by atoms with van der Waals surface area (Å²) in [6.45, 7) is 7.29. The van der Waals surface area contributed by atoms with Crippen LogP contribution in [-0.4, -0.2) is 36.0 Å². The molecule has 1 aromatic rings. The van der Waals surface area contributed by atoms with Gasteiger partial charge in [-0.15, -0.1) is 0 Å². The highest BCUT2D eigenvalue weighted by Crippen LogP contribution is 2.27. The molecule has 4 nitrogen and oxygen atoms in total. The number of nitrogens with two attached hydrogens (primary N) is 1. The van der Waals surface area contributed by atoms with E-state index in [1.54, 1.807) is 0 Å². The Morgan fingerprint density at radius 1 is 1.48 bits per heavy atom. The summed E-state index contributed by atoms with van der Waals surface area (Å²) in [6, 6.07) is 7.87.